The maximum atomic E-state index is 9.08. The summed E-state index contributed by atoms with van der Waals surface area (Å²) < 4.78 is 5.35. The van der Waals surface area contributed by atoms with Crippen LogP contribution in [0.4, 0.5) is 11.6 Å². The van der Waals surface area contributed by atoms with Gasteiger partial charge in [-0.05, 0) is 6.42 Å². The molecule has 1 aromatic heterocycles. The Morgan fingerprint density at radius 2 is 1.95 bits per heavy atom. The number of hydrogen-bond acceptors (Lipinski definition) is 7. The fraction of sp³-hybridized carbons (Fsp3) is 0.667. The van der Waals surface area contributed by atoms with Crippen LogP contribution in [0, 0.1) is 0 Å². The SMILES string of the molecule is CCCNc1ncnc(N(CCO)CCO)c1OC. The van der Waals surface area contributed by atoms with E-state index in [4.69, 9.17) is 14.9 Å². The van der Waals surface area contributed by atoms with Crippen molar-refractivity contribution in [3.05, 3.63) is 6.33 Å². The molecule has 7 nitrogen and oxygen atoms in total. The molecule has 0 atom stereocenters. The highest BCUT2D eigenvalue weighted by Crippen LogP contribution is 2.31. The molecule has 0 radical (unpaired) electrons. The molecular formula is C12H22N4O3. The monoisotopic (exact) mass is 270 g/mol. The van der Waals surface area contributed by atoms with Crippen molar-refractivity contribution in [1.29, 1.82) is 0 Å². The van der Waals surface area contributed by atoms with Crippen molar-refractivity contribution in [3.63, 3.8) is 0 Å². The third-order valence-corrected chi connectivity index (χ3v) is 2.57. The number of hydrogen-bond donors (Lipinski definition) is 3. The average molecular weight is 270 g/mol. The molecule has 1 rings (SSSR count). The molecule has 0 aliphatic heterocycles. The average Bonchev–Trinajstić information content (AvgIpc) is 2.44. The summed E-state index contributed by atoms with van der Waals surface area (Å²) in [5.41, 5.74) is 0. The second-order valence-corrected chi connectivity index (χ2v) is 3.94. The molecule has 0 saturated carbocycles. The number of anilines is 2. The van der Waals surface area contributed by atoms with Crippen LogP contribution in [0.25, 0.3) is 0 Å². The van der Waals surface area contributed by atoms with Crippen LogP contribution in [-0.4, -0.2) is 60.1 Å². The zero-order valence-electron chi connectivity index (χ0n) is 11.5. The summed E-state index contributed by atoms with van der Waals surface area (Å²) in [6.45, 7) is 3.55. The quantitative estimate of drug-likeness (QED) is 0.586. The van der Waals surface area contributed by atoms with Crippen molar-refractivity contribution in [2.24, 2.45) is 0 Å². The molecule has 1 aromatic rings. The van der Waals surface area contributed by atoms with Crippen molar-refractivity contribution >= 4 is 11.6 Å². The van der Waals surface area contributed by atoms with Crippen molar-refractivity contribution < 1.29 is 14.9 Å². The van der Waals surface area contributed by atoms with E-state index in [1.54, 1.807) is 12.0 Å². The van der Waals surface area contributed by atoms with Crippen molar-refractivity contribution in [3.8, 4) is 5.75 Å². The van der Waals surface area contributed by atoms with Gasteiger partial charge in [0.2, 0.25) is 5.75 Å². The van der Waals surface area contributed by atoms with Crippen LogP contribution in [-0.2, 0) is 0 Å². The third kappa shape index (κ3) is 4.22. The number of aromatic nitrogens is 2. The Morgan fingerprint density at radius 1 is 1.26 bits per heavy atom. The largest absolute Gasteiger partial charge is 0.490 e. The third-order valence-electron chi connectivity index (χ3n) is 2.57. The second-order valence-electron chi connectivity index (χ2n) is 3.94. The van der Waals surface area contributed by atoms with Gasteiger partial charge >= 0.3 is 0 Å². The highest BCUT2D eigenvalue weighted by molar-refractivity contribution is 5.64. The van der Waals surface area contributed by atoms with Crippen LogP contribution in [0.5, 0.6) is 5.75 Å². The summed E-state index contributed by atoms with van der Waals surface area (Å²) >= 11 is 0. The Kier molecular flexibility index (Phi) is 6.91. The first-order valence-electron chi connectivity index (χ1n) is 6.38. The normalized spacial score (nSPS) is 10.3. The molecule has 1 heterocycles. The van der Waals surface area contributed by atoms with Crippen LogP contribution in [0.15, 0.2) is 6.33 Å². The van der Waals surface area contributed by atoms with Crippen LogP contribution >= 0.6 is 0 Å². The zero-order chi connectivity index (χ0) is 14.1. The summed E-state index contributed by atoms with van der Waals surface area (Å²) in [4.78, 5) is 10.1. The molecule has 0 amide bonds. The lowest BCUT2D eigenvalue weighted by Crippen LogP contribution is -2.31. The Balaban J connectivity index is 3.02. The van der Waals surface area contributed by atoms with Gasteiger partial charge in [-0.2, -0.15) is 0 Å². The highest BCUT2D eigenvalue weighted by Gasteiger charge is 2.17. The summed E-state index contributed by atoms with van der Waals surface area (Å²) in [5, 5.41) is 21.3. The Hall–Kier alpha value is -1.60. The molecule has 0 aliphatic carbocycles. The number of nitrogens with zero attached hydrogens (tertiary/aromatic N) is 3. The van der Waals surface area contributed by atoms with E-state index in [0.29, 0.717) is 30.5 Å². The number of rotatable bonds is 9. The Bertz CT molecular complexity index is 370. The first kappa shape index (κ1) is 15.5. The molecule has 0 unspecified atom stereocenters. The minimum absolute atomic E-state index is 0.0229. The highest BCUT2D eigenvalue weighted by atomic mass is 16.5. The molecule has 7 heteroatoms. The van der Waals surface area contributed by atoms with Crippen LogP contribution in [0.2, 0.25) is 0 Å². The molecular weight excluding hydrogens is 248 g/mol. The van der Waals surface area contributed by atoms with Gasteiger partial charge in [-0.25, -0.2) is 9.97 Å². The summed E-state index contributed by atoms with van der Waals surface area (Å²) in [6, 6.07) is 0. The van der Waals surface area contributed by atoms with Gasteiger partial charge in [-0.15, -0.1) is 0 Å². The van der Waals surface area contributed by atoms with Gasteiger partial charge in [0.15, 0.2) is 11.6 Å². The van der Waals surface area contributed by atoms with Gasteiger partial charge in [0.25, 0.3) is 0 Å². The number of aliphatic hydroxyl groups excluding tert-OH is 2. The van der Waals surface area contributed by atoms with Crippen LogP contribution < -0.4 is 15.0 Å². The van der Waals surface area contributed by atoms with Gasteiger partial charge in [-0.3, -0.25) is 0 Å². The lowest BCUT2D eigenvalue weighted by Gasteiger charge is -2.24. The van der Waals surface area contributed by atoms with Gasteiger partial charge in [0.05, 0.1) is 20.3 Å². The predicted octanol–water partition coefficient (Wildman–Crippen LogP) is 0.0981. The molecule has 0 aliphatic rings. The topological polar surface area (TPSA) is 90.7 Å². The van der Waals surface area contributed by atoms with Gasteiger partial charge in [0, 0.05) is 19.6 Å². The van der Waals surface area contributed by atoms with E-state index in [0.717, 1.165) is 13.0 Å². The fourth-order valence-corrected chi connectivity index (χ4v) is 1.71. The molecule has 0 saturated heterocycles. The van der Waals surface area contributed by atoms with Crippen molar-refractivity contribution in [1.82, 2.24) is 9.97 Å². The summed E-state index contributed by atoms with van der Waals surface area (Å²) in [6.07, 6.45) is 2.41. The predicted molar refractivity (Wildman–Crippen MR) is 73.7 cm³/mol. The standard InChI is InChI=1S/C12H22N4O3/c1-3-4-13-11-10(19-2)12(15-9-14-11)16(5-7-17)6-8-18/h9,17-18H,3-8H2,1-2H3,(H,13,14,15). The number of ether oxygens (including phenoxy) is 1. The molecule has 0 spiro atoms. The summed E-state index contributed by atoms with van der Waals surface area (Å²) in [7, 11) is 1.55. The summed E-state index contributed by atoms with van der Waals surface area (Å²) in [5.74, 6) is 1.72. The molecule has 108 valence electrons. The first-order chi connectivity index (χ1) is 9.28. The van der Waals surface area contributed by atoms with E-state index in [2.05, 4.69) is 22.2 Å². The van der Waals surface area contributed by atoms with Crippen LogP contribution in [0.1, 0.15) is 13.3 Å². The Morgan fingerprint density at radius 3 is 2.47 bits per heavy atom. The van der Waals surface area contributed by atoms with Crippen molar-refractivity contribution in [2.45, 2.75) is 13.3 Å². The maximum absolute atomic E-state index is 9.08. The molecule has 0 bridgehead atoms. The minimum Gasteiger partial charge on any atom is -0.490 e. The molecule has 0 fully saturated rings. The van der Waals surface area contributed by atoms with E-state index >= 15 is 0 Å². The van der Waals surface area contributed by atoms with E-state index < -0.39 is 0 Å². The molecule has 3 N–H and O–H groups in total. The molecule has 19 heavy (non-hydrogen) atoms. The number of aliphatic hydroxyl groups is 2. The van der Waals surface area contributed by atoms with E-state index in [-0.39, 0.29) is 13.2 Å². The van der Waals surface area contributed by atoms with Crippen molar-refractivity contribution in [2.75, 3.05) is 50.2 Å². The maximum Gasteiger partial charge on any atom is 0.204 e. The van der Waals surface area contributed by atoms with E-state index in [1.807, 2.05) is 0 Å². The lowest BCUT2D eigenvalue weighted by molar-refractivity contribution is 0.279. The first-order valence-corrected chi connectivity index (χ1v) is 6.38. The van der Waals surface area contributed by atoms with Gasteiger partial charge in [-0.1, -0.05) is 6.92 Å². The number of nitrogens with one attached hydrogen (secondary N) is 1. The minimum atomic E-state index is -0.0229. The second kappa shape index (κ2) is 8.49. The van der Waals surface area contributed by atoms with Gasteiger partial charge < -0.3 is 25.2 Å². The smallest absolute Gasteiger partial charge is 0.204 e. The number of methoxy groups -OCH3 is 1. The van der Waals surface area contributed by atoms with E-state index in [9.17, 15) is 0 Å². The zero-order valence-corrected chi connectivity index (χ0v) is 11.5. The van der Waals surface area contributed by atoms with E-state index in [1.165, 1.54) is 6.33 Å². The Labute approximate surface area is 113 Å². The molecule has 0 aromatic carbocycles. The lowest BCUT2D eigenvalue weighted by atomic mass is 10.3. The fourth-order valence-electron chi connectivity index (χ4n) is 1.71. The van der Waals surface area contributed by atoms with Crippen LogP contribution in [0.3, 0.4) is 0 Å². The van der Waals surface area contributed by atoms with Gasteiger partial charge in [0.1, 0.15) is 6.33 Å².